The zero-order chi connectivity index (χ0) is 10.8. The Balaban J connectivity index is 2.83. The largest absolute Gasteiger partial charge is 0.547 e. The average molecular weight is 208 g/mol. The van der Waals surface area contributed by atoms with Crippen LogP contribution in [0.5, 0.6) is 0 Å². The van der Waals surface area contributed by atoms with E-state index in [2.05, 4.69) is 14.4 Å². The molecular formula is C6H6BF3NO3-. The van der Waals surface area contributed by atoms with Crippen molar-refractivity contribution in [3.8, 4) is 0 Å². The second kappa shape index (κ2) is 3.73. The third-order valence-corrected chi connectivity index (χ3v) is 1.34. The van der Waals surface area contributed by atoms with Crippen molar-refractivity contribution in [3.63, 3.8) is 0 Å². The first-order chi connectivity index (χ1) is 6.45. The van der Waals surface area contributed by atoms with Crippen molar-refractivity contribution in [1.82, 2.24) is 5.16 Å². The minimum absolute atomic E-state index is 0.0676. The van der Waals surface area contributed by atoms with Crippen molar-refractivity contribution in [2.75, 3.05) is 6.61 Å². The van der Waals surface area contributed by atoms with Crippen molar-refractivity contribution >= 4 is 18.6 Å². The zero-order valence-electron chi connectivity index (χ0n) is 7.17. The molecule has 0 fully saturated rings. The molecule has 0 atom stereocenters. The Hall–Kier alpha value is -1.47. The van der Waals surface area contributed by atoms with E-state index in [9.17, 15) is 17.7 Å². The molecule has 1 heterocycles. The Morgan fingerprint density at radius 1 is 1.64 bits per heavy atom. The van der Waals surface area contributed by atoms with E-state index in [1.54, 1.807) is 0 Å². The van der Waals surface area contributed by atoms with Gasteiger partial charge in [-0.2, -0.15) is 0 Å². The molecule has 14 heavy (non-hydrogen) atoms. The number of halogens is 3. The molecule has 78 valence electrons. The van der Waals surface area contributed by atoms with E-state index in [-0.39, 0.29) is 6.61 Å². The molecule has 0 unspecified atom stereocenters. The molecule has 0 aliphatic rings. The molecule has 0 N–H and O–H groups in total. The lowest BCUT2D eigenvalue weighted by Gasteiger charge is -2.07. The third-order valence-electron chi connectivity index (χ3n) is 1.34. The van der Waals surface area contributed by atoms with Crippen LogP contribution in [0.2, 0.25) is 0 Å². The first-order valence-electron chi connectivity index (χ1n) is 3.79. The maximum absolute atomic E-state index is 12.0. The summed E-state index contributed by atoms with van der Waals surface area (Å²) >= 11 is 0. The molecule has 0 radical (unpaired) electrons. The minimum atomic E-state index is -5.26. The lowest BCUT2D eigenvalue weighted by atomic mass is 9.87. The minimum Gasteiger partial charge on any atom is -0.461 e. The Morgan fingerprint density at radius 3 is 2.71 bits per heavy atom. The molecule has 1 aromatic rings. The SMILES string of the molecule is CCOC(=O)c1cc([B-](F)(F)F)on1. The number of hydrogen-bond acceptors (Lipinski definition) is 4. The number of nitrogens with zero attached hydrogens (tertiary/aromatic N) is 1. The van der Waals surface area contributed by atoms with Gasteiger partial charge in [-0.05, 0) is 13.0 Å². The lowest BCUT2D eigenvalue weighted by Crippen LogP contribution is -2.32. The summed E-state index contributed by atoms with van der Waals surface area (Å²) in [4.78, 5) is 10.9. The van der Waals surface area contributed by atoms with Crippen molar-refractivity contribution in [3.05, 3.63) is 11.8 Å². The van der Waals surface area contributed by atoms with E-state index < -0.39 is 24.3 Å². The predicted molar refractivity (Wildman–Crippen MR) is 41.2 cm³/mol. The van der Waals surface area contributed by atoms with E-state index >= 15 is 0 Å². The zero-order valence-corrected chi connectivity index (χ0v) is 7.17. The number of carbonyl (C=O) groups excluding carboxylic acids is 1. The van der Waals surface area contributed by atoms with Gasteiger partial charge < -0.3 is 22.2 Å². The van der Waals surface area contributed by atoms with Gasteiger partial charge in [-0.3, -0.25) is 0 Å². The maximum atomic E-state index is 12.0. The van der Waals surface area contributed by atoms with Gasteiger partial charge in [-0.15, -0.1) is 0 Å². The van der Waals surface area contributed by atoms with Crippen LogP contribution in [0.3, 0.4) is 0 Å². The smallest absolute Gasteiger partial charge is 0.461 e. The van der Waals surface area contributed by atoms with Gasteiger partial charge >= 0.3 is 12.9 Å². The van der Waals surface area contributed by atoms with Gasteiger partial charge in [0, 0.05) is 0 Å². The highest BCUT2D eigenvalue weighted by atomic mass is 19.4. The highest BCUT2D eigenvalue weighted by Crippen LogP contribution is 2.09. The molecule has 0 aromatic carbocycles. The van der Waals surface area contributed by atoms with Crippen LogP contribution in [0.25, 0.3) is 0 Å². The van der Waals surface area contributed by atoms with Crippen LogP contribution in [-0.4, -0.2) is 24.7 Å². The van der Waals surface area contributed by atoms with Crippen molar-refractivity contribution in [2.24, 2.45) is 0 Å². The van der Waals surface area contributed by atoms with E-state index in [4.69, 9.17) is 0 Å². The first kappa shape index (κ1) is 10.6. The van der Waals surface area contributed by atoms with Gasteiger partial charge in [0.2, 0.25) is 0 Å². The average Bonchev–Trinajstić information content (AvgIpc) is 2.51. The van der Waals surface area contributed by atoms with Gasteiger partial charge in [0.1, 0.15) is 0 Å². The maximum Gasteiger partial charge on any atom is 0.547 e. The summed E-state index contributed by atoms with van der Waals surface area (Å²) in [7, 11) is 0. The topological polar surface area (TPSA) is 52.3 Å². The first-order valence-corrected chi connectivity index (χ1v) is 3.79. The summed E-state index contributed by atoms with van der Waals surface area (Å²) in [6, 6.07) is 0.526. The van der Waals surface area contributed by atoms with E-state index in [1.807, 2.05) is 0 Å². The fraction of sp³-hybridized carbons (Fsp3) is 0.333. The molecule has 0 spiro atoms. The van der Waals surface area contributed by atoms with Gasteiger partial charge in [-0.1, -0.05) is 5.16 Å². The van der Waals surface area contributed by atoms with Crippen LogP contribution in [0, 0.1) is 0 Å². The highest BCUT2D eigenvalue weighted by molar-refractivity contribution is 6.72. The van der Waals surface area contributed by atoms with Crippen LogP contribution in [-0.2, 0) is 4.74 Å². The summed E-state index contributed by atoms with van der Waals surface area (Å²) in [5.74, 6) is -0.928. The van der Waals surface area contributed by atoms with Gasteiger partial charge in [0.15, 0.2) is 5.69 Å². The molecule has 1 aromatic heterocycles. The number of aromatic nitrogens is 1. The third kappa shape index (κ3) is 2.27. The molecule has 0 amide bonds. The summed E-state index contributed by atoms with van der Waals surface area (Å²) in [5, 5.41) is 2.95. The van der Waals surface area contributed by atoms with Gasteiger partial charge in [0.25, 0.3) is 0 Å². The van der Waals surface area contributed by atoms with E-state index in [1.165, 1.54) is 6.92 Å². The molecular weight excluding hydrogens is 202 g/mol. The second-order valence-corrected chi connectivity index (χ2v) is 2.41. The molecule has 0 saturated heterocycles. The van der Waals surface area contributed by atoms with Crippen molar-refractivity contribution in [1.29, 1.82) is 0 Å². The van der Waals surface area contributed by atoms with Crippen LogP contribution in [0.4, 0.5) is 12.9 Å². The standard InChI is InChI=1S/C6H6BF3NO3/c1-2-13-6(12)4-3-5(14-11-4)7(8,9)10/h3H,2H2,1H3/q-1. The molecule has 0 saturated carbocycles. The molecule has 8 heteroatoms. The fourth-order valence-electron chi connectivity index (χ4n) is 0.745. The second-order valence-electron chi connectivity index (χ2n) is 2.41. The van der Waals surface area contributed by atoms with E-state index in [0.29, 0.717) is 6.07 Å². The number of hydrogen-bond donors (Lipinski definition) is 0. The van der Waals surface area contributed by atoms with Crippen molar-refractivity contribution < 1.29 is 27.0 Å². The van der Waals surface area contributed by atoms with Crippen LogP contribution < -0.4 is 5.66 Å². The van der Waals surface area contributed by atoms with E-state index in [0.717, 1.165) is 0 Å². The summed E-state index contributed by atoms with van der Waals surface area (Å²) in [6.07, 6.45) is 0. The number of ether oxygens (including phenoxy) is 1. The van der Waals surface area contributed by atoms with Crippen molar-refractivity contribution in [2.45, 2.75) is 6.92 Å². The normalized spacial score (nSPS) is 11.4. The number of rotatable bonds is 3. The summed E-state index contributed by atoms with van der Waals surface area (Å²) < 4.78 is 44.5. The summed E-state index contributed by atoms with van der Waals surface area (Å²) in [5.41, 5.74) is -1.73. The lowest BCUT2D eigenvalue weighted by molar-refractivity contribution is 0.0514. The van der Waals surface area contributed by atoms with Gasteiger partial charge in [0.05, 0.1) is 12.3 Å². The summed E-state index contributed by atoms with van der Waals surface area (Å²) in [6.45, 7) is -3.66. The number of esters is 1. The molecule has 1 rings (SSSR count). The monoisotopic (exact) mass is 208 g/mol. The number of carbonyl (C=O) groups is 1. The quantitative estimate of drug-likeness (QED) is 0.547. The predicted octanol–water partition coefficient (Wildman–Crippen LogP) is 0.906. The molecule has 0 aliphatic carbocycles. The van der Waals surface area contributed by atoms with Gasteiger partial charge in [-0.25, -0.2) is 4.79 Å². The highest BCUT2D eigenvalue weighted by Gasteiger charge is 2.32. The van der Waals surface area contributed by atoms with Crippen LogP contribution in [0.15, 0.2) is 10.6 Å². The Bertz CT molecular complexity index is 335. The Morgan fingerprint density at radius 2 is 2.29 bits per heavy atom. The Kier molecular flexibility index (Phi) is 2.83. The van der Waals surface area contributed by atoms with Crippen LogP contribution in [0.1, 0.15) is 17.4 Å². The molecule has 4 nitrogen and oxygen atoms in total. The fourth-order valence-corrected chi connectivity index (χ4v) is 0.745. The van der Waals surface area contributed by atoms with Crippen LogP contribution >= 0.6 is 0 Å². The Labute approximate surface area is 77.1 Å². The molecule has 0 aliphatic heterocycles. The molecule has 0 bridgehead atoms.